The molecule has 0 aromatic heterocycles. The number of methoxy groups -OCH3 is 1. The highest BCUT2D eigenvalue weighted by atomic mass is 16.5. The molecule has 4 rings (SSSR count). The standard InChI is InChI=1S/C30H35N5O5/c1-5-34(6-2)16-15-33(3)27(32-39)22-9-7-21(8-10-22)13-14-30(18-26(36)31-29(30)38)20-35-19-23-11-12-24(40-4)17-25(23)28(35)37/h7-12,17,39H,5-6,15-16,18-20H2,1-4H3,(H,31,36,38)/t30-/m1/s1. The lowest BCUT2D eigenvalue weighted by Gasteiger charge is -2.26. The van der Waals surface area contributed by atoms with Gasteiger partial charge in [-0.3, -0.25) is 19.7 Å². The molecule has 2 aromatic rings. The summed E-state index contributed by atoms with van der Waals surface area (Å²) in [4.78, 5) is 44.0. The van der Waals surface area contributed by atoms with Crippen molar-refractivity contribution in [2.24, 2.45) is 10.6 Å². The number of amidine groups is 1. The molecular formula is C30H35N5O5. The van der Waals surface area contributed by atoms with Crippen LogP contribution in [-0.2, 0) is 16.1 Å². The van der Waals surface area contributed by atoms with Crippen LogP contribution in [-0.4, -0.2) is 90.3 Å². The largest absolute Gasteiger partial charge is 0.497 e. The van der Waals surface area contributed by atoms with E-state index in [0.717, 1.165) is 30.8 Å². The molecular weight excluding hydrogens is 510 g/mol. The maximum Gasteiger partial charge on any atom is 0.254 e. The highest BCUT2D eigenvalue weighted by Crippen LogP contribution is 2.33. The maximum atomic E-state index is 13.1. The number of carbonyl (C=O) groups excluding carboxylic acids is 3. The van der Waals surface area contributed by atoms with Crippen molar-refractivity contribution >= 4 is 23.6 Å². The number of nitrogens with zero attached hydrogens (tertiary/aromatic N) is 4. The van der Waals surface area contributed by atoms with E-state index in [9.17, 15) is 19.6 Å². The molecule has 1 atom stereocenters. The molecule has 2 aliphatic heterocycles. The first kappa shape index (κ1) is 28.6. The van der Waals surface area contributed by atoms with Crippen molar-refractivity contribution < 1.29 is 24.3 Å². The van der Waals surface area contributed by atoms with Crippen molar-refractivity contribution in [3.63, 3.8) is 0 Å². The van der Waals surface area contributed by atoms with Crippen LogP contribution in [0.1, 0.15) is 47.3 Å². The molecule has 0 unspecified atom stereocenters. The van der Waals surface area contributed by atoms with Gasteiger partial charge >= 0.3 is 0 Å². The van der Waals surface area contributed by atoms with Crippen LogP contribution in [0.3, 0.4) is 0 Å². The summed E-state index contributed by atoms with van der Waals surface area (Å²) < 4.78 is 5.24. The average Bonchev–Trinajstić information content (AvgIpc) is 3.42. The second kappa shape index (κ2) is 12.2. The Morgan fingerprint density at radius 1 is 1.12 bits per heavy atom. The van der Waals surface area contributed by atoms with E-state index in [1.807, 2.05) is 18.0 Å². The summed E-state index contributed by atoms with van der Waals surface area (Å²) in [6.45, 7) is 7.96. The molecule has 3 amide bonds. The van der Waals surface area contributed by atoms with E-state index in [0.29, 0.717) is 35.8 Å². The SMILES string of the molecule is CCN(CC)CCN(C)C(=NO)c1ccc(C#C[C@]2(CN3Cc4ccc(OC)cc4C3=O)CC(=O)NC2=O)cc1. The van der Waals surface area contributed by atoms with Crippen molar-refractivity contribution in [1.29, 1.82) is 0 Å². The molecule has 2 aromatic carbocycles. The molecule has 1 fully saturated rings. The zero-order chi connectivity index (χ0) is 28.9. The van der Waals surface area contributed by atoms with Gasteiger partial charge in [0.2, 0.25) is 11.8 Å². The lowest BCUT2D eigenvalue weighted by atomic mass is 9.85. The normalized spacial score (nSPS) is 18.5. The van der Waals surface area contributed by atoms with Crippen molar-refractivity contribution in [3.8, 4) is 17.6 Å². The molecule has 1 saturated heterocycles. The fourth-order valence-electron chi connectivity index (χ4n) is 5.02. The van der Waals surface area contributed by atoms with Gasteiger partial charge in [-0.2, -0.15) is 0 Å². The lowest BCUT2D eigenvalue weighted by molar-refractivity contribution is -0.127. The number of rotatable bonds is 9. The minimum atomic E-state index is -1.36. The number of hydrogen-bond acceptors (Lipinski definition) is 7. The summed E-state index contributed by atoms with van der Waals surface area (Å²) in [7, 11) is 3.41. The molecule has 0 spiro atoms. The first-order valence-corrected chi connectivity index (χ1v) is 13.3. The quantitative estimate of drug-likeness (QED) is 0.124. The Labute approximate surface area is 234 Å². The van der Waals surface area contributed by atoms with Gasteiger partial charge in [0.05, 0.1) is 13.5 Å². The predicted octanol–water partition coefficient (Wildman–Crippen LogP) is 2.14. The fourth-order valence-corrected chi connectivity index (χ4v) is 5.02. The molecule has 0 bridgehead atoms. The van der Waals surface area contributed by atoms with Crippen molar-refractivity contribution in [3.05, 3.63) is 64.7 Å². The Bertz CT molecular complexity index is 1370. The van der Waals surface area contributed by atoms with Crippen molar-refractivity contribution in [2.45, 2.75) is 26.8 Å². The highest BCUT2D eigenvalue weighted by molar-refractivity contribution is 6.08. The summed E-state index contributed by atoms with van der Waals surface area (Å²) in [5.41, 5.74) is 1.33. The monoisotopic (exact) mass is 545 g/mol. The van der Waals surface area contributed by atoms with Crippen LogP contribution in [0.4, 0.5) is 0 Å². The molecule has 2 aliphatic rings. The molecule has 210 valence electrons. The number of hydrogen-bond donors (Lipinski definition) is 2. The summed E-state index contributed by atoms with van der Waals surface area (Å²) >= 11 is 0. The van der Waals surface area contributed by atoms with Gasteiger partial charge in [0.1, 0.15) is 11.2 Å². The number of carbonyl (C=O) groups is 3. The molecule has 0 aliphatic carbocycles. The van der Waals surface area contributed by atoms with Gasteiger partial charge in [0.15, 0.2) is 5.84 Å². The van der Waals surface area contributed by atoms with Gasteiger partial charge in [-0.15, -0.1) is 0 Å². The Balaban J connectivity index is 1.52. The van der Waals surface area contributed by atoms with Gasteiger partial charge in [0.25, 0.3) is 5.91 Å². The lowest BCUT2D eigenvalue weighted by Crippen LogP contribution is -2.42. The molecule has 2 N–H and O–H groups in total. The molecule has 2 heterocycles. The van der Waals surface area contributed by atoms with Crippen LogP contribution in [0, 0.1) is 17.3 Å². The van der Waals surface area contributed by atoms with Crippen LogP contribution in [0.5, 0.6) is 5.75 Å². The predicted molar refractivity (Wildman–Crippen MR) is 150 cm³/mol. The average molecular weight is 546 g/mol. The van der Waals surface area contributed by atoms with E-state index in [-0.39, 0.29) is 18.9 Å². The first-order valence-electron chi connectivity index (χ1n) is 13.3. The van der Waals surface area contributed by atoms with Gasteiger partial charge in [-0.05, 0) is 55.1 Å². The van der Waals surface area contributed by atoms with E-state index < -0.39 is 17.2 Å². The smallest absolute Gasteiger partial charge is 0.254 e. The van der Waals surface area contributed by atoms with Gasteiger partial charge < -0.3 is 24.6 Å². The number of nitrogens with one attached hydrogen (secondary N) is 1. The Hall–Kier alpha value is -4.36. The molecule has 0 radical (unpaired) electrons. The van der Waals surface area contributed by atoms with Crippen LogP contribution >= 0.6 is 0 Å². The number of amides is 3. The zero-order valence-electron chi connectivity index (χ0n) is 23.4. The zero-order valence-corrected chi connectivity index (χ0v) is 23.4. The fraction of sp³-hybridized carbons (Fsp3) is 0.400. The van der Waals surface area contributed by atoms with Gasteiger partial charge in [0, 0.05) is 49.9 Å². The third-order valence-corrected chi connectivity index (χ3v) is 7.50. The minimum Gasteiger partial charge on any atom is -0.497 e. The van der Waals surface area contributed by atoms with Crippen molar-refractivity contribution in [2.75, 3.05) is 46.9 Å². The van der Waals surface area contributed by atoms with Crippen LogP contribution in [0.15, 0.2) is 47.6 Å². The van der Waals surface area contributed by atoms with E-state index in [1.54, 1.807) is 41.3 Å². The first-order chi connectivity index (χ1) is 19.2. The summed E-state index contributed by atoms with van der Waals surface area (Å²) in [6, 6.07) is 12.4. The molecule has 0 saturated carbocycles. The topological polar surface area (TPSA) is 115 Å². The van der Waals surface area contributed by atoms with Gasteiger partial charge in [-0.1, -0.05) is 36.9 Å². The summed E-state index contributed by atoms with van der Waals surface area (Å²) in [5, 5.41) is 15.5. The Morgan fingerprint density at radius 3 is 2.45 bits per heavy atom. The highest BCUT2D eigenvalue weighted by Gasteiger charge is 2.48. The number of imide groups is 1. The van der Waals surface area contributed by atoms with Crippen molar-refractivity contribution in [1.82, 2.24) is 20.0 Å². The number of oxime groups is 1. The molecule has 10 heteroatoms. The summed E-state index contributed by atoms with van der Waals surface area (Å²) in [6.07, 6.45) is -0.126. The maximum absolute atomic E-state index is 13.1. The third-order valence-electron chi connectivity index (χ3n) is 7.50. The summed E-state index contributed by atoms with van der Waals surface area (Å²) in [5.74, 6) is 5.91. The molecule has 10 nitrogen and oxygen atoms in total. The second-order valence-electron chi connectivity index (χ2n) is 10.0. The van der Waals surface area contributed by atoms with Gasteiger partial charge in [-0.25, -0.2) is 0 Å². The Kier molecular flexibility index (Phi) is 8.75. The van der Waals surface area contributed by atoms with E-state index in [4.69, 9.17) is 4.74 Å². The number of likely N-dealkylation sites (N-methyl/N-ethyl adjacent to an activating group) is 2. The van der Waals surface area contributed by atoms with E-state index in [2.05, 4.69) is 41.1 Å². The van der Waals surface area contributed by atoms with E-state index in [1.165, 1.54) is 7.11 Å². The third kappa shape index (κ3) is 5.95. The van der Waals surface area contributed by atoms with Crippen LogP contribution < -0.4 is 10.1 Å². The van der Waals surface area contributed by atoms with Crippen LogP contribution in [0.2, 0.25) is 0 Å². The Morgan fingerprint density at radius 2 is 1.85 bits per heavy atom. The second-order valence-corrected chi connectivity index (χ2v) is 10.0. The molecule has 40 heavy (non-hydrogen) atoms. The number of benzene rings is 2. The van der Waals surface area contributed by atoms with E-state index >= 15 is 0 Å². The number of fused-ring (bicyclic) bond motifs is 1. The van der Waals surface area contributed by atoms with Crippen LogP contribution in [0.25, 0.3) is 0 Å². The minimum absolute atomic E-state index is 0.00979. The number of ether oxygens (including phenoxy) is 1.